The van der Waals surface area contributed by atoms with Crippen LogP contribution in [0.15, 0.2) is 12.2 Å². The van der Waals surface area contributed by atoms with Gasteiger partial charge in [0.05, 0.1) is 13.2 Å². The molecule has 0 amide bonds. The van der Waals surface area contributed by atoms with Gasteiger partial charge in [0.15, 0.2) is 6.29 Å². The van der Waals surface area contributed by atoms with E-state index in [2.05, 4.69) is 30.9 Å². The first-order chi connectivity index (χ1) is 13.5. The van der Waals surface area contributed by atoms with Gasteiger partial charge in [-0.3, -0.25) is 0 Å². The largest absolute Gasteiger partial charge is 1.00 e. The van der Waals surface area contributed by atoms with E-state index < -0.39 is 6.72 Å². The maximum Gasteiger partial charge on any atom is 1.00 e. The predicted molar refractivity (Wildman–Crippen MR) is 117 cm³/mol. The van der Waals surface area contributed by atoms with Gasteiger partial charge >= 0.3 is 51.4 Å². The van der Waals surface area contributed by atoms with Gasteiger partial charge in [0.1, 0.15) is 12.8 Å². The molecule has 8 heteroatoms. The number of hydrogen-bond donors (Lipinski definition) is 1. The molecule has 0 aliphatic carbocycles. The van der Waals surface area contributed by atoms with Gasteiger partial charge in [0.2, 0.25) is 0 Å². The van der Waals surface area contributed by atoms with Crippen LogP contribution in [-0.4, -0.2) is 30.5 Å². The number of allylic oxidation sites excluding steroid dienone is 2. The molecule has 0 aromatic rings. The summed E-state index contributed by atoms with van der Waals surface area (Å²) in [5.74, 6) is 0. The zero-order chi connectivity index (χ0) is 20.5. The molecule has 1 aliphatic rings. The Morgan fingerprint density at radius 1 is 1.00 bits per heavy atom. The summed E-state index contributed by atoms with van der Waals surface area (Å²) >= 11 is 4.31. The van der Waals surface area contributed by atoms with Crippen molar-refractivity contribution in [2.75, 3.05) is 13.2 Å². The van der Waals surface area contributed by atoms with Crippen molar-refractivity contribution in [3.63, 3.8) is 0 Å². The average molecular weight is 475 g/mol. The first-order valence-electron chi connectivity index (χ1n) is 11.1. The molecule has 1 N–H and O–H groups in total. The summed E-state index contributed by atoms with van der Waals surface area (Å²) in [6.07, 6.45) is 21.8. The third-order valence-corrected chi connectivity index (χ3v) is 5.73. The maximum absolute atomic E-state index is 10.9. The van der Waals surface area contributed by atoms with Crippen LogP contribution < -0.4 is 56.3 Å². The van der Waals surface area contributed by atoms with Gasteiger partial charge in [0, 0.05) is 0 Å². The molecule has 1 fully saturated rings. The molecule has 0 saturated carbocycles. The molecule has 1 saturated heterocycles. The van der Waals surface area contributed by atoms with Crippen molar-refractivity contribution in [3.8, 4) is 0 Å². The van der Waals surface area contributed by atoms with Gasteiger partial charge in [0.25, 0.3) is 0 Å². The molecular formula is C21H40KO5PS. The van der Waals surface area contributed by atoms with Crippen LogP contribution in [0.2, 0.25) is 0 Å². The second kappa shape index (κ2) is 20.4. The van der Waals surface area contributed by atoms with E-state index in [1.807, 2.05) is 0 Å². The van der Waals surface area contributed by atoms with Gasteiger partial charge in [-0.2, -0.15) is 0 Å². The molecular weight excluding hydrogens is 434 g/mol. The van der Waals surface area contributed by atoms with Crippen LogP contribution in [0.3, 0.4) is 0 Å². The zero-order valence-electron chi connectivity index (χ0n) is 18.6. The van der Waals surface area contributed by atoms with Crippen molar-refractivity contribution in [2.45, 2.75) is 109 Å². The Labute approximate surface area is 226 Å². The molecule has 0 aromatic carbocycles. The zero-order valence-corrected chi connectivity index (χ0v) is 23.4. The van der Waals surface area contributed by atoms with E-state index in [1.54, 1.807) is 0 Å². The van der Waals surface area contributed by atoms with Crippen LogP contribution in [0.1, 0.15) is 96.8 Å². The fraction of sp³-hybridized carbons (Fsp3) is 0.905. The SMILES string of the molecule is CCCCCCCC/C=C\CCCCCCC[C@H]1OC[C@H](COP([O-])(O)=S)O1.[K+]. The molecule has 1 unspecified atom stereocenters. The van der Waals surface area contributed by atoms with Crippen LogP contribution in [0.4, 0.5) is 0 Å². The Kier molecular flexibility index (Phi) is 21.7. The van der Waals surface area contributed by atoms with E-state index in [4.69, 9.17) is 18.9 Å². The predicted octanol–water partition coefficient (Wildman–Crippen LogP) is 2.36. The molecule has 29 heavy (non-hydrogen) atoms. The molecule has 1 heterocycles. The Morgan fingerprint density at radius 3 is 2.14 bits per heavy atom. The Balaban J connectivity index is 0.00000784. The van der Waals surface area contributed by atoms with Crippen molar-refractivity contribution >= 4 is 18.5 Å². The summed E-state index contributed by atoms with van der Waals surface area (Å²) in [5, 5.41) is 0. The summed E-state index contributed by atoms with van der Waals surface area (Å²) in [5.41, 5.74) is 0. The standard InChI is InChI=1S/C21H41O5PS.K/c1-2-3-4-5-6-7-8-9-10-11-12-13-14-15-16-17-21-24-18-20(26-21)19-25-27(22,23)28;/h9-10,20-21H,2-8,11-19H2,1H3,(H2,22,23,28);/q;+1/p-1/b10-9-;/t20-,21+;/m1./s1. The maximum atomic E-state index is 10.9. The molecule has 166 valence electrons. The first-order valence-corrected chi connectivity index (χ1v) is 13.7. The Morgan fingerprint density at radius 2 is 1.55 bits per heavy atom. The minimum atomic E-state index is -3.85. The normalized spacial score (nSPS) is 21.3. The third-order valence-electron chi connectivity index (χ3n) is 4.94. The summed E-state index contributed by atoms with van der Waals surface area (Å²) < 4.78 is 15.9. The second-order valence-electron chi connectivity index (χ2n) is 7.66. The van der Waals surface area contributed by atoms with Crippen LogP contribution in [-0.2, 0) is 25.8 Å². The van der Waals surface area contributed by atoms with Gasteiger partial charge in [-0.05, 0) is 38.5 Å². The van der Waals surface area contributed by atoms with E-state index in [0.717, 1.165) is 12.8 Å². The summed E-state index contributed by atoms with van der Waals surface area (Å²) in [4.78, 5) is 19.9. The van der Waals surface area contributed by atoms with Crippen molar-refractivity contribution in [3.05, 3.63) is 12.2 Å². The van der Waals surface area contributed by atoms with E-state index in [-0.39, 0.29) is 70.4 Å². The minimum absolute atomic E-state index is 0. The minimum Gasteiger partial charge on any atom is -0.780 e. The summed E-state index contributed by atoms with van der Waals surface area (Å²) in [6.45, 7) is -1.18. The number of hydrogen-bond acceptors (Lipinski definition) is 5. The van der Waals surface area contributed by atoms with Gasteiger partial charge < -0.3 is 23.8 Å². The molecule has 0 radical (unpaired) electrons. The molecule has 3 atom stereocenters. The second-order valence-corrected chi connectivity index (χ2v) is 10.2. The van der Waals surface area contributed by atoms with Crippen LogP contribution in [0, 0.1) is 0 Å². The quantitative estimate of drug-likeness (QED) is 0.142. The summed E-state index contributed by atoms with van der Waals surface area (Å²) in [6, 6.07) is 0. The van der Waals surface area contributed by atoms with Crippen molar-refractivity contribution in [2.24, 2.45) is 0 Å². The topological polar surface area (TPSA) is 71.0 Å². The van der Waals surface area contributed by atoms with Crippen molar-refractivity contribution in [1.82, 2.24) is 0 Å². The van der Waals surface area contributed by atoms with Crippen molar-refractivity contribution < 1.29 is 75.2 Å². The molecule has 0 spiro atoms. The first kappa shape index (κ1) is 30.8. The fourth-order valence-electron chi connectivity index (χ4n) is 3.31. The Bertz CT molecular complexity index is 447. The fourth-order valence-corrected chi connectivity index (χ4v) is 3.84. The molecule has 1 aliphatic heterocycles. The van der Waals surface area contributed by atoms with Crippen LogP contribution in [0.25, 0.3) is 0 Å². The molecule has 1 rings (SSSR count). The van der Waals surface area contributed by atoms with E-state index >= 15 is 0 Å². The molecule has 5 nitrogen and oxygen atoms in total. The van der Waals surface area contributed by atoms with E-state index in [9.17, 15) is 4.89 Å². The monoisotopic (exact) mass is 474 g/mol. The van der Waals surface area contributed by atoms with Crippen LogP contribution >= 0.6 is 6.72 Å². The average Bonchev–Trinajstić information content (AvgIpc) is 3.10. The number of ether oxygens (including phenoxy) is 2. The Hall–Kier alpha value is 1.83. The van der Waals surface area contributed by atoms with Gasteiger partial charge in [-0.1, -0.05) is 82.2 Å². The third kappa shape index (κ3) is 20.2. The number of unbranched alkanes of at least 4 members (excludes halogenated alkanes) is 11. The van der Waals surface area contributed by atoms with Gasteiger partial charge in [-0.25, -0.2) is 0 Å². The van der Waals surface area contributed by atoms with Crippen LogP contribution in [0.5, 0.6) is 0 Å². The summed E-state index contributed by atoms with van der Waals surface area (Å²) in [7, 11) is 0. The number of rotatable bonds is 18. The van der Waals surface area contributed by atoms with Crippen molar-refractivity contribution in [1.29, 1.82) is 0 Å². The van der Waals surface area contributed by atoms with E-state index in [0.29, 0.717) is 6.61 Å². The smallest absolute Gasteiger partial charge is 0.780 e. The van der Waals surface area contributed by atoms with E-state index in [1.165, 1.54) is 77.0 Å². The van der Waals surface area contributed by atoms with Gasteiger partial charge in [-0.15, -0.1) is 0 Å². The molecule has 0 aromatic heterocycles. The molecule has 0 bridgehead atoms.